The van der Waals surface area contributed by atoms with E-state index in [1.807, 2.05) is 79.9 Å². The maximum absolute atomic E-state index is 10.0. The third-order valence-electron chi connectivity index (χ3n) is 16.1. The second kappa shape index (κ2) is 21.7. The molecule has 0 atom stereocenters. The molecule has 4 heterocycles. The molecule has 8 heteroatoms. The van der Waals surface area contributed by atoms with Crippen LogP contribution in [0.25, 0.3) is 82.9 Å². The van der Waals surface area contributed by atoms with Crippen LogP contribution >= 0.6 is 0 Å². The fourth-order valence-electron chi connectivity index (χ4n) is 11.7. The first-order chi connectivity index (χ1) is 41.8. The first-order valence-corrected chi connectivity index (χ1v) is 29.2. The van der Waals surface area contributed by atoms with Gasteiger partial charge in [-0.15, -0.1) is 42.7 Å². The minimum absolute atomic E-state index is 0. The van der Waals surface area contributed by atoms with Gasteiger partial charge in [0.25, 0.3) is 0 Å². The van der Waals surface area contributed by atoms with Gasteiger partial charge < -0.3 is 23.5 Å². The van der Waals surface area contributed by atoms with Crippen LogP contribution in [-0.4, -0.2) is 9.55 Å². The molecule has 13 rings (SSSR count). The molecular formula is C78H70N5O2Pt-3. The van der Waals surface area contributed by atoms with Crippen molar-refractivity contribution < 1.29 is 34.3 Å². The zero-order valence-electron chi connectivity index (χ0n) is 53.8. The van der Waals surface area contributed by atoms with E-state index >= 15 is 0 Å². The topological polar surface area (TPSA) is 70.5 Å². The standard InChI is InChI=1S/C78H70N5O2.Pt/c1-75(2,3)45-53-39-71(80-47-65(53)52-37-54(76(4,5)6)40-55(38-52)77(7,8)9)83-68-35-34-61-60-32-30-49(46-79)36-70(60)85-74(61)72(68)62-33-31-59(44-69(62)83)84-58-27-21-26-57(43-58)81-48-82(67-29-20-19-28-66(67)81)73-63(50-22-15-13-16-23-50)41-56(78(10,11)12)42-64(73)51-24-17-14-18-25-51;/h13-42,47-48H,45H2,1-12H3;/q-3;/i45D2,47D;. The number of benzene rings is 9. The van der Waals surface area contributed by atoms with Gasteiger partial charge in [0.05, 0.1) is 13.0 Å². The maximum Gasteiger partial charge on any atom is 0.136 e. The van der Waals surface area contributed by atoms with E-state index in [9.17, 15) is 9.37 Å². The molecule has 0 saturated carbocycles. The second-order valence-electron chi connectivity index (χ2n) is 26.6. The Labute approximate surface area is 525 Å². The third kappa shape index (κ3) is 10.7. The number of rotatable bonds is 9. The van der Waals surface area contributed by atoms with Gasteiger partial charge >= 0.3 is 0 Å². The van der Waals surface area contributed by atoms with Gasteiger partial charge in [-0.25, -0.2) is 4.98 Å². The SMILES string of the molecule is [2H]c1nc(-n2c3[c-]c(Oc4[c-]c(N5[CH-]N(c6c(-c7ccccc7)cc(C(C)(C)C)cc6-c6ccccc6)c6ccccc65)ccc4)ccc3c3c4oc5cc(C#N)ccc5c4ccc32)cc(C([2H])([2H])C(C)(C)C)c1-c1cc(C(C)(C)C)cc(C(C)(C)C)c1.[Pt]. The molecule has 0 spiro atoms. The molecule has 0 unspecified atom stereocenters. The molecule has 0 saturated heterocycles. The van der Waals surface area contributed by atoms with E-state index in [4.69, 9.17) is 14.1 Å². The monoisotopic (exact) mass is 1310 g/mol. The molecular weight excluding hydrogens is 1230 g/mol. The van der Waals surface area contributed by atoms with Crippen LogP contribution in [0.1, 0.15) is 115 Å². The Morgan fingerprint density at radius 1 is 0.581 bits per heavy atom. The van der Waals surface area contributed by atoms with Gasteiger partial charge in [0.2, 0.25) is 0 Å². The minimum Gasteiger partial charge on any atom is -0.509 e. The summed E-state index contributed by atoms with van der Waals surface area (Å²) in [4.78, 5) is 9.64. The summed E-state index contributed by atoms with van der Waals surface area (Å²) in [5.41, 5.74) is 14.7. The van der Waals surface area contributed by atoms with Crippen molar-refractivity contribution in [1.82, 2.24) is 9.55 Å². The summed E-state index contributed by atoms with van der Waals surface area (Å²) in [6.07, 6.45) is -2.00. The maximum atomic E-state index is 10.0. The molecule has 0 aliphatic carbocycles. The Kier molecular flexibility index (Phi) is 13.6. The Balaban J connectivity index is 0.00000769. The Hall–Kier alpha value is -8.69. The van der Waals surface area contributed by atoms with E-state index in [0.717, 1.165) is 83.2 Å². The zero-order valence-corrected chi connectivity index (χ0v) is 53.0. The number of furan rings is 1. The van der Waals surface area contributed by atoms with E-state index in [1.54, 1.807) is 12.1 Å². The summed E-state index contributed by atoms with van der Waals surface area (Å²) in [7, 11) is 0. The molecule has 12 aromatic rings. The largest absolute Gasteiger partial charge is 0.509 e. The first kappa shape index (κ1) is 54.0. The number of pyridine rings is 1. The molecule has 1 aliphatic rings. The van der Waals surface area contributed by atoms with E-state index in [-0.39, 0.29) is 43.5 Å². The van der Waals surface area contributed by atoms with Crippen LogP contribution in [0, 0.1) is 35.5 Å². The number of nitriles is 1. The second-order valence-corrected chi connectivity index (χ2v) is 26.6. The first-order valence-electron chi connectivity index (χ1n) is 30.7. The average molecular weight is 1310 g/mol. The Morgan fingerprint density at radius 2 is 1.16 bits per heavy atom. The van der Waals surface area contributed by atoms with Crippen molar-refractivity contribution in [3.8, 4) is 56.8 Å². The van der Waals surface area contributed by atoms with Gasteiger partial charge in [-0.1, -0.05) is 185 Å². The molecule has 0 fully saturated rings. The number of nitrogens with zero attached hydrogens (tertiary/aromatic N) is 5. The number of hydrogen-bond donors (Lipinski definition) is 0. The van der Waals surface area contributed by atoms with Crippen LogP contribution < -0.4 is 14.5 Å². The summed E-state index contributed by atoms with van der Waals surface area (Å²) in [5.74, 6) is 1.20. The van der Waals surface area contributed by atoms with Crippen LogP contribution in [0.4, 0.5) is 22.7 Å². The predicted octanol–water partition coefficient (Wildman–Crippen LogP) is 21.2. The smallest absolute Gasteiger partial charge is 0.136 e. The molecule has 3 aromatic heterocycles. The van der Waals surface area contributed by atoms with E-state index < -0.39 is 11.8 Å². The summed E-state index contributed by atoms with van der Waals surface area (Å²) in [6.45, 7) is 27.7. The summed E-state index contributed by atoms with van der Waals surface area (Å²) in [5, 5.41) is 13.2. The number of anilines is 4. The predicted molar refractivity (Wildman–Crippen MR) is 352 cm³/mol. The van der Waals surface area contributed by atoms with Crippen LogP contribution in [0.15, 0.2) is 193 Å². The van der Waals surface area contributed by atoms with Crippen molar-refractivity contribution in [2.45, 2.75) is 106 Å². The average Bonchev–Trinajstić information content (AvgIpc) is 1.66. The summed E-state index contributed by atoms with van der Waals surface area (Å²) >= 11 is 0. The van der Waals surface area contributed by atoms with Gasteiger partial charge in [0.1, 0.15) is 17.0 Å². The fourth-order valence-corrected chi connectivity index (χ4v) is 11.7. The quantitative estimate of drug-likeness (QED) is 0.134. The Morgan fingerprint density at radius 3 is 1.78 bits per heavy atom. The number of aromatic nitrogens is 2. The van der Waals surface area contributed by atoms with Crippen molar-refractivity contribution >= 4 is 66.5 Å². The molecule has 86 heavy (non-hydrogen) atoms. The van der Waals surface area contributed by atoms with Gasteiger partial charge in [-0.2, -0.15) is 17.4 Å². The van der Waals surface area contributed by atoms with Crippen molar-refractivity contribution in [3.63, 3.8) is 0 Å². The molecule has 0 bridgehead atoms. The zero-order chi connectivity index (χ0) is 62.0. The van der Waals surface area contributed by atoms with Crippen molar-refractivity contribution in [1.29, 1.82) is 5.26 Å². The van der Waals surface area contributed by atoms with Gasteiger partial charge in [0, 0.05) is 91.5 Å². The molecule has 7 nitrogen and oxygen atoms in total. The summed E-state index contributed by atoms with van der Waals surface area (Å²) < 4.78 is 45.7. The molecule has 9 aromatic carbocycles. The van der Waals surface area contributed by atoms with Crippen LogP contribution in [0.3, 0.4) is 0 Å². The van der Waals surface area contributed by atoms with Crippen LogP contribution in [-0.2, 0) is 43.7 Å². The number of para-hydroxylation sites is 2. The van der Waals surface area contributed by atoms with Crippen molar-refractivity contribution in [2.24, 2.45) is 5.41 Å². The normalized spacial score (nSPS) is 13.6. The molecule has 1 aliphatic heterocycles. The third-order valence-corrected chi connectivity index (χ3v) is 16.1. The van der Waals surface area contributed by atoms with E-state index in [1.165, 1.54) is 5.56 Å². The van der Waals surface area contributed by atoms with Gasteiger partial charge in [0.15, 0.2) is 0 Å². The van der Waals surface area contributed by atoms with Crippen molar-refractivity contribution in [2.75, 3.05) is 9.80 Å². The van der Waals surface area contributed by atoms with Crippen molar-refractivity contribution in [3.05, 3.63) is 235 Å². The molecule has 0 radical (unpaired) electrons. The molecule has 432 valence electrons. The van der Waals surface area contributed by atoms with Crippen LogP contribution in [0.5, 0.6) is 11.5 Å². The minimum atomic E-state index is -1.95. The van der Waals surface area contributed by atoms with Gasteiger partial charge in [-0.3, -0.25) is 0 Å². The Bertz CT molecular complexity index is 4710. The fraction of sp³-hybridized carbons (Fsp3) is 0.218. The number of fused-ring (bicyclic) bond motifs is 8. The van der Waals surface area contributed by atoms with Crippen LogP contribution in [0.2, 0.25) is 0 Å². The van der Waals surface area contributed by atoms with Gasteiger partial charge in [-0.05, 0) is 133 Å². The number of ether oxygens (including phenoxy) is 1. The number of hydrogen-bond acceptors (Lipinski definition) is 6. The molecule has 0 N–H and O–H groups in total. The van der Waals surface area contributed by atoms with E-state index in [2.05, 4.69) is 212 Å². The summed E-state index contributed by atoms with van der Waals surface area (Å²) in [6, 6.07) is 71.6. The van der Waals surface area contributed by atoms with E-state index in [0.29, 0.717) is 56.2 Å². The molecule has 0 amide bonds.